The summed E-state index contributed by atoms with van der Waals surface area (Å²) in [6.07, 6.45) is -3.18. The van der Waals surface area contributed by atoms with Gasteiger partial charge in [-0.1, -0.05) is 0 Å². The zero-order valence-electron chi connectivity index (χ0n) is 16.9. The van der Waals surface area contributed by atoms with Crippen molar-refractivity contribution in [2.45, 2.75) is 45.0 Å². The smallest absolute Gasteiger partial charge is 0.433 e. The van der Waals surface area contributed by atoms with Crippen LogP contribution in [0, 0.1) is 6.92 Å². The number of halogens is 3. The quantitative estimate of drug-likeness (QED) is 0.736. The van der Waals surface area contributed by atoms with Crippen LogP contribution in [0.15, 0.2) is 24.3 Å². The van der Waals surface area contributed by atoms with E-state index in [0.717, 1.165) is 37.7 Å². The van der Waals surface area contributed by atoms with E-state index in [1.165, 1.54) is 6.92 Å². The second kappa shape index (κ2) is 8.29. The van der Waals surface area contributed by atoms with Crippen molar-refractivity contribution < 1.29 is 27.4 Å². The van der Waals surface area contributed by atoms with E-state index in [0.29, 0.717) is 24.8 Å². The van der Waals surface area contributed by atoms with Gasteiger partial charge in [0.1, 0.15) is 30.8 Å². The van der Waals surface area contributed by atoms with Crippen LogP contribution >= 0.6 is 0 Å². The normalized spacial score (nSPS) is 18.8. The monoisotopic (exact) mass is 423 g/mol. The molecule has 2 aliphatic heterocycles. The summed E-state index contributed by atoms with van der Waals surface area (Å²) in [6.45, 7) is 6.16. The number of hydrogen-bond acceptors (Lipinski definition) is 6. The number of piperidine rings is 1. The lowest BCUT2D eigenvalue weighted by atomic mass is 10.0. The van der Waals surface area contributed by atoms with Gasteiger partial charge in [0, 0.05) is 37.0 Å². The number of hydrogen-bond donors (Lipinski definition) is 0. The maximum atomic E-state index is 13.0. The molecule has 9 heteroatoms. The first-order valence-corrected chi connectivity index (χ1v) is 10.0. The minimum Gasteiger partial charge on any atom is -0.490 e. The summed E-state index contributed by atoms with van der Waals surface area (Å²) in [7, 11) is 0. The van der Waals surface area contributed by atoms with E-state index in [9.17, 15) is 13.2 Å². The first-order valence-electron chi connectivity index (χ1n) is 10.0. The first-order chi connectivity index (χ1) is 14.3. The van der Waals surface area contributed by atoms with Crippen LogP contribution in [0.4, 0.5) is 13.2 Å². The molecule has 2 aromatic heterocycles. The Kier molecular flexibility index (Phi) is 5.73. The van der Waals surface area contributed by atoms with Gasteiger partial charge in [0.15, 0.2) is 5.75 Å². The summed E-state index contributed by atoms with van der Waals surface area (Å²) < 4.78 is 55.9. The number of fused-ring (bicyclic) bond motifs is 1. The maximum absolute atomic E-state index is 13.0. The average molecular weight is 423 g/mol. The van der Waals surface area contributed by atoms with Crippen LogP contribution in [0.1, 0.15) is 42.9 Å². The first kappa shape index (κ1) is 20.7. The van der Waals surface area contributed by atoms with Crippen LogP contribution in [0.5, 0.6) is 17.4 Å². The number of likely N-dealkylation sites (tertiary alicyclic amines) is 1. The summed E-state index contributed by atoms with van der Waals surface area (Å²) in [5, 5.41) is 0. The second-order valence-corrected chi connectivity index (χ2v) is 7.59. The number of ether oxygens (including phenoxy) is 3. The average Bonchev–Trinajstić information content (AvgIpc) is 2.72. The molecule has 0 bridgehead atoms. The number of nitrogens with zero attached hydrogens (tertiary/aromatic N) is 3. The number of alkyl halides is 3. The lowest BCUT2D eigenvalue weighted by Crippen LogP contribution is -2.39. The Balaban J connectivity index is 1.37. The van der Waals surface area contributed by atoms with Crippen LogP contribution in [0.3, 0.4) is 0 Å². The molecule has 30 heavy (non-hydrogen) atoms. The number of aromatic nitrogens is 2. The summed E-state index contributed by atoms with van der Waals surface area (Å²) in [5.74, 6) is 1.40. The van der Waals surface area contributed by atoms with Gasteiger partial charge in [-0.15, -0.1) is 0 Å². The minimum atomic E-state index is -4.49. The van der Waals surface area contributed by atoms with Gasteiger partial charge in [0.05, 0.1) is 5.69 Å². The summed E-state index contributed by atoms with van der Waals surface area (Å²) in [4.78, 5) is 10.4. The minimum absolute atomic E-state index is 0.0850. The Morgan fingerprint density at radius 3 is 2.57 bits per heavy atom. The number of aryl methyl sites for hydroxylation is 1. The molecule has 0 radical (unpaired) electrons. The van der Waals surface area contributed by atoms with Crippen molar-refractivity contribution in [2.24, 2.45) is 0 Å². The highest BCUT2D eigenvalue weighted by Crippen LogP contribution is 2.33. The summed E-state index contributed by atoms with van der Waals surface area (Å²) in [5.41, 5.74) is 0.266. The number of rotatable bonds is 4. The lowest BCUT2D eigenvalue weighted by molar-refractivity contribution is -0.141. The maximum Gasteiger partial charge on any atom is 0.433 e. The molecule has 6 nitrogen and oxygen atoms in total. The SMILES string of the molecule is Cc1cc(OC2CCN(C(C)c3ccc4c(n3)OCCO4)CC2)cc(C(F)(F)F)n1. The van der Waals surface area contributed by atoms with Crippen molar-refractivity contribution >= 4 is 0 Å². The van der Waals surface area contributed by atoms with Crippen molar-refractivity contribution in [3.63, 3.8) is 0 Å². The van der Waals surface area contributed by atoms with Gasteiger partial charge in [-0.2, -0.15) is 13.2 Å². The number of pyridine rings is 2. The molecule has 0 spiro atoms. The molecule has 0 saturated carbocycles. The topological polar surface area (TPSA) is 56.7 Å². The fourth-order valence-electron chi connectivity index (χ4n) is 3.79. The van der Waals surface area contributed by atoms with E-state index < -0.39 is 11.9 Å². The van der Waals surface area contributed by atoms with Crippen LogP contribution in [-0.4, -0.2) is 47.3 Å². The van der Waals surface area contributed by atoms with E-state index in [1.807, 2.05) is 12.1 Å². The molecule has 0 aromatic carbocycles. The van der Waals surface area contributed by atoms with Gasteiger partial charge < -0.3 is 14.2 Å². The molecule has 1 atom stereocenters. The molecule has 4 rings (SSSR count). The highest BCUT2D eigenvalue weighted by Gasteiger charge is 2.34. The van der Waals surface area contributed by atoms with Crippen LogP contribution in [0.2, 0.25) is 0 Å². The Morgan fingerprint density at radius 2 is 1.83 bits per heavy atom. The molecule has 2 aliphatic rings. The van der Waals surface area contributed by atoms with E-state index in [2.05, 4.69) is 21.8 Å². The van der Waals surface area contributed by atoms with E-state index in [1.54, 1.807) is 6.07 Å². The third-order valence-electron chi connectivity index (χ3n) is 5.40. The fraction of sp³-hybridized carbons (Fsp3) is 0.524. The highest BCUT2D eigenvalue weighted by molar-refractivity contribution is 5.36. The Morgan fingerprint density at radius 1 is 1.10 bits per heavy atom. The van der Waals surface area contributed by atoms with Crippen LogP contribution < -0.4 is 14.2 Å². The highest BCUT2D eigenvalue weighted by atomic mass is 19.4. The second-order valence-electron chi connectivity index (χ2n) is 7.59. The molecule has 0 N–H and O–H groups in total. The summed E-state index contributed by atoms with van der Waals surface area (Å²) in [6, 6.07) is 6.43. The van der Waals surface area contributed by atoms with Gasteiger partial charge in [-0.3, -0.25) is 4.90 Å². The van der Waals surface area contributed by atoms with Crippen molar-refractivity contribution in [3.8, 4) is 17.4 Å². The molecule has 1 unspecified atom stereocenters. The molecule has 1 fully saturated rings. The van der Waals surface area contributed by atoms with Gasteiger partial charge in [0.2, 0.25) is 0 Å². The van der Waals surface area contributed by atoms with Crippen molar-refractivity contribution in [1.82, 2.24) is 14.9 Å². The molecule has 0 aliphatic carbocycles. The summed E-state index contributed by atoms with van der Waals surface area (Å²) >= 11 is 0. The standard InChI is InChI=1S/C21H24F3N3O3/c1-13-11-16(12-19(25-13)21(22,23)24)30-15-5-7-27(8-6-15)14(2)17-3-4-18-20(26-17)29-10-9-28-18/h3-4,11-12,14-15H,5-10H2,1-2H3. The zero-order chi connectivity index (χ0) is 21.3. The predicted molar refractivity (Wildman–Crippen MR) is 103 cm³/mol. The molecule has 4 heterocycles. The van der Waals surface area contributed by atoms with Crippen molar-refractivity contribution in [3.05, 3.63) is 41.3 Å². The van der Waals surface area contributed by atoms with E-state index >= 15 is 0 Å². The van der Waals surface area contributed by atoms with Gasteiger partial charge in [-0.05, 0) is 38.8 Å². The third-order valence-corrected chi connectivity index (χ3v) is 5.40. The molecule has 1 saturated heterocycles. The van der Waals surface area contributed by atoms with Gasteiger partial charge in [-0.25, -0.2) is 9.97 Å². The molecule has 0 amide bonds. The van der Waals surface area contributed by atoms with Gasteiger partial charge in [0.25, 0.3) is 5.88 Å². The predicted octanol–water partition coefficient (Wildman–Crippen LogP) is 4.18. The fourth-order valence-corrected chi connectivity index (χ4v) is 3.79. The van der Waals surface area contributed by atoms with Crippen molar-refractivity contribution in [2.75, 3.05) is 26.3 Å². The van der Waals surface area contributed by atoms with E-state index in [4.69, 9.17) is 14.2 Å². The van der Waals surface area contributed by atoms with Crippen LogP contribution in [-0.2, 0) is 6.18 Å². The largest absolute Gasteiger partial charge is 0.490 e. The Hall–Kier alpha value is -2.55. The Bertz CT molecular complexity index is 899. The third kappa shape index (κ3) is 4.61. The molecule has 162 valence electrons. The molecular formula is C21H24F3N3O3. The molecular weight excluding hydrogens is 399 g/mol. The van der Waals surface area contributed by atoms with E-state index in [-0.39, 0.29) is 23.6 Å². The van der Waals surface area contributed by atoms with Crippen molar-refractivity contribution in [1.29, 1.82) is 0 Å². The lowest BCUT2D eigenvalue weighted by Gasteiger charge is -2.36. The molecule has 2 aromatic rings. The van der Waals surface area contributed by atoms with Crippen LogP contribution in [0.25, 0.3) is 0 Å². The zero-order valence-corrected chi connectivity index (χ0v) is 16.9. The Labute approximate surface area is 173 Å². The van der Waals surface area contributed by atoms with Gasteiger partial charge >= 0.3 is 6.18 Å².